The van der Waals surface area contributed by atoms with Gasteiger partial charge >= 0.3 is 5.97 Å². The maximum absolute atomic E-state index is 11.5. The molecule has 0 bridgehead atoms. The van der Waals surface area contributed by atoms with Gasteiger partial charge in [-0.3, -0.25) is 9.69 Å². The Labute approximate surface area is 227 Å². The van der Waals surface area contributed by atoms with Crippen molar-refractivity contribution in [2.75, 3.05) is 40.0 Å². The smallest absolute Gasteiger partial charge is 0.326 e. The van der Waals surface area contributed by atoms with Crippen LogP contribution in [0.25, 0.3) is 20.5 Å². The Bertz CT molecular complexity index is 1340. The Kier molecular flexibility index (Phi) is 8.58. The predicted molar refractivity (Wildman–Crippen MR) is 153 cm³/mol. The molecule has 1 fully saturated rings. The molecule has 2 N–H and O–H groups in total. The van der Waals surface area contributed by atoms with Gasteiger partial charge in [-0.15, -0.1) is 11.3 Å². The van der Waals surface area contributed by atoms with E-state index in [2.05, 4.69) is 70.3 Å². The van der Waals surface area contributed by atoms with Crippen molar-refractivity contribution in [3.05, 3.63) is 83.9 Å². The summed E-state index contributed by atoms with van der Waals surface area (Å²) in [4.78, 5) is 15.2. The number of hydrogen-bond acceptors (Lipinski definition) is 7. The van der Waals surface area contributed by atoms with Gasteiger partial charge in [-0.05, 0) is 96.9 Å². The summed E-state index contributed by atoms with van der Waals surface area (Å²) >= 11 is 1.80. The molecule has 1 atom stereocenters. The summed E-state index contributed by atoms with van der Waals surface area (Å²) in [6.07, 6.45) is 3.44. The number of thiophene rings is 1. The number of benzene rings is 3. The molecule has 4 aromatic rings. The maximum Gasteiger partial charge on any atom is 0.326 e. The van der Waals surface area contributed by atoms with Crippen molar-refractivity contribution in [2.24, 2.45) is 5.73 Å². The van der Waals surface area contributed by atoms with Crippen LogP contribution in [0.5, 0.6) is 11.5 Å². The molecule has 0 saturated carbocycles. The fraction of sp³-hybridized carbons (Fsp3) is 0.323. The number of fused-ring (bicyclic) bond motifs is 1. The van der Waals surface area contributed by atoms with E-state index in [0.717, 1.165) is 30.9 Å². The van der Waals surface area contributed by atoms with Gasteiger partial charge in [-0.2, -0.15) is 0 Å². The Morgan fingerprint density at radius 1 is 0.947 bits per heavy atom. The van der Waals surface area contributed by atoms with E-state index in [1.807, 2.05) is 12.1 Å². The third-order valence-corrected chi connectivity index (χ3v) is 8.19. The fourth-order valence-corrected chi connectivity index (χ4v) is 6.05. The minimum Gasteiger partial charge on any atom is -0.492 e. The zero-order chi connectivity index (χ0) is 26.3. The van der Waals surface area contributed by atoms with Crippen LogP contribution in [0.15, 0.2) is 72.8 Å². The van der Waals surface area contributed by atoms with E-state index in [0.29, 0.717) is 5.75 Å². The molecule has 1 unspecified atom stereocenters. The minimum atomic E-state index is -0.810. The normalized spacial score (nSPS) is 14.5. The zero-order valence-corrected chi connectivity index (χ0v) is 22.5. The zero-order valence-electron chi connectivity index (χ0n) is 21.7. The quantitative estimate of drug-likeness (QED) is 0.258. The van der Waals surface area contributed by atoms with Gasteiger partial charge in [0.15, 0.2) is 0 Å². The third kappa shape index (κ3) is 6.35. The number of hydrogen-bond donors (Lipinski definition) is 1. The Balaban J connectivity index is 1.29. The largest absolute Gasteiger partial charge is 0.492 e. The summed E-state index contributed by atoms with van der Waals surface area (Å²) < 4.78 is 17.6. The summed E-state index contributed by atoms with van der Waals surface area (Å²) in [6.45, 7) is 4.18. The third-order valence-electron chi connectivity index (χ3n) is 6.93. The van der Waals surface area contributed by atoms with Gasteiger partial charge in [0.1, 0.15) is 30.8 Å². The van der Waals surface area contributed by atoms with Crippen LogP contribution in [0.2, 0.25) is 0 Å². The van der Waals surface area contributed by atoms with E-state index in [4.69, 9.17) is 15.2 Å². The van der Waals surface area contributed by atoms with Crippen LogP contribution in [0.3, 0.4) is 0 Å². The minimum absolute atomic E-state index is 0.0676. The van der Waals surface area contributed by atoms with E-state index < -0.39 is 12.0 Å². The van der Waals surface area contributed by atoms with E-state index in [1.165, 1.54) is 59.1 Å². The van der Waals surface area contributed by atoms with E-state index >= 15 is 0 Å². The molecule has 0 aliphatic carbocycles. The van der Waals surface area contributed by atoms with Gasteiger partial charge in [0.2, 0.25) is 0 Å². The summed E-state index contributed by atoms with van der Waals surface area (Å²) in [7, 11) is 1.32. The van der Waals surface area contributed by atoms with Gasteiger partial charge in [-0.25, -0.2) is 0 Å². The fourth-order valence-electron chi connectivity index (χ4n) is 4.82. The van der Waals surface area contributed by atoms with Crippen molar-refractivity contribution in [3.63, 3.8) is 0 Å². The first-order chi connectivity index (χ1) is 18.6. The van der Waals surface area contributed by atoms with E-state index in [9.17, 15) is 4.79 Å². The molecule has 1 aliphatic heterocycles. The standard InChI is InChI=1S/C31H34N2O4S/c1-35-31(34)28(32)21-37-25-14-10-23(11-15-25)30-27(26-6-2-3-7-29(26)38-30)20-22-8-12-24(13-9-22)36-19-18-33-16-4-5-17-33/h2-3,6-15,28H,4-5,16-21,32H2,1H3. The number of methoxy groups -OCH3 is 1. The average molecular weight is 531 g/mol. The first kappa shape index (κ1) is 26.2. The predicted octanol–water partition coefficient (Wildman–Crippen LogP) is 5.51. The maximum atomic E-state index is 11.5. The summed E-state index contributed by atoms with van der Waals surface area (Å²) in [5.41, 5.74) is 9.48. The van der Waals surface area contributed by atoms with Crippen molar-refractivity contribution in [1.29, 1.82) is 0 Å². The van der Waals surface area contributed by atoms with Crippen molar-refractivity contribution < 1.29 is 19.0 Å². The van der Waals surface area contributed by atoms with Crippen molar-refractivity contribution >= 4 is 27.4 Å². The number of carbonyl (C=O) groups is 1. The topological polar surface area (TPSA) is 74.0 Å². The van der Waals surface area contributed by atoms with Crippen LogP contribution in [0, 0.1) is 0 Å². The number of nitrogens with two attached hydrogens (primary N) is 1. The lowest BCUT2D eigenvalue weighted by Gasteiger charge is -2.15. The lowest BCUT2D eigenvalue weighted by molar-refractivity contribution is -0.142. The number of esters is 1. The Hall–Kier alpha value is -3.39. The molecule has 38 heavy (non-hydrogen) atoms. The molecule has 6 nitrogen and oxygen atoms in total. The molecule has 0 spiro atoms. The van der Waals surface area contributed by atoms with Crippen LogP contribution in [0.1, 0.15) is 24.0 Å². The molecule has 1 aliphatic rings. The molecule has 5 rings (SSSR count). The van der Waals surface area contributed by atoms with Crippen molar-refractivity contribution in [2.45, 2.75) is 25.3 Å². The van der Waals surface area contributed by atoms with Crippen LogP contribution < -0.4 is 15.2 Å². The van der Waals surface area contributed by atoms with E-state index in [1.54, 1.807) is 11.3 Å². The second kappa shape index (κ2) is 12.4. The summed E-state index contributed by atoms with van der Waals surface area (Å²) in [5.74, 6) is 1.10. The molecular weight excluding hydrogens is 496 g/mol. The SMILES string of the molecule is COC(=O)C(N)COc1ccc(-c2sc3ccccc3c2Cc2ccc(OCCN3CCCC3)cc2)cc1. The Morgan fingerprint density at radius 3 is 2.37 bits per heavy atom. The van der Waals surface area contributed by atoms with Gasteiger partial charge in [0.25, 0.3) is 0 Å². The summed E-state index contributed by atoms with van der Waals surface area (Å²) in [6, 6.07) is 24.2. The second-order valence-electron chi connectivity index (χ2n) is 9.59. The van der Waals surface area contributed by atoms with Crippen molar-refractivity contribution in [1.82, 2.24) is 4.90 Å². The van der Waals surface area contributed by atoms with Gasteiger partial charge in [0, 0.05) is 16.1 Å². The highest BCUT2D eigenvalue weighted by Crippen LogP contribution is 2.40. The summed E-state index contributed by atoms with van der Waals surface area (Å²) in [5, 5.41) is 1.28. The van der Waals surface area contributed by atoms with Gasteiger partial charge < -0.3 is 19.9 Å². The molecule has 198 valence electrons. The molecule has 3 aromatic carbocycles. The van der Waals surface area contributed by atoms with Crippen LogP contribution in [0.4, 0.5) is 0 Å². The monoisotopic (exact) mass is 530 g/mol. The van der Waals surface area contributed by atoms with Crippen molar-refractivity contribution in [3.8, 4) is 21.9 Å². The number of rotatable bonds is 11. The lowest BCUT2D eigenvalue weighted by Crippen LogP contribution is -2.37. The molecule has 1 aromatic heterocycles. The second-order valence-corrected chi connectivity index (χ2v) is 10.6. The molecular formula is C31H34N2O4S. The molecule has 0 amide bonds. The number of carbonyl (C=O) groups excluding carboxylic acids is 1. The molecule has 0 radical (unpaired) electrons. The molecule has 2 heterocycles. The highest BCUT2D eigenvalue weighted by atomic mass is 32.1. The Morgan fingerprint density at radius 2 is 1.63 bits per heavy atom. The molecule has 1 saturated heterocycles. The first-order valence-electron chi connectivity index (χ1n) is 13.1. The highest BCUT2D eigenvalue weighted by molar-refractivity contribution is 7.22. The van der Waals surface area contributed by atoms with Crippen LogP contribution >= 0.6 is 11.3 Å². The van der Waals surface area contributed by atoms with Crippen LogP contribution in [-0.2, 0) is 16.0 Å². The van der Waals surface area contributed by atoms with Gasteiger partial charge in [-0.1, -0.05) is 30.3 Å². The van der Waals surface area contributed by atoms with Crippen LogP contribution in [-0.4, -0.2) is 56.9 Å². The van der Waals surface area contributed by atoms with E-state index in [-0.39, 0.29) is 6.61 Å². The number of likely N-dealkylation sites (tertiary alicyclic amines) is 1. The van der Waals surface area contributed by atoms with Gasteiger partial charge in [0.05, 0.1) is 7.11 Å². The lowest BCUT2D eigenvalue weighted by atomic mass is 9.99. The number of nitrogens with zero attached hydrogens (tertiary/aromatic N) is 1. The average Bonchev–Trinajstić information content (AvgIpc) is 3.61. The molecule has 7 heteroatoms. The number of ether oxygens (including phenoxy) is 3. The first-order valence-corrected chi connectivity index (χ1v) is 13.9. The highest BCUT2D eigenvalue weighted by Gasteiger charge is 2.17.